The Kier molecular flexibility index (Phi) is 5.34. The number of benzene rings is 2. The van der Waals surface area contributed by atoms with Gasteiger partial charge in [-0.25, -0.2) is 4.39 Å². The highest BCUT2D eigenvalue weighted by Crippen LogP contribution is 2.30. The van der Waals surface area contributed by atoms with Crippen LogP contribution in [0, 0.1) is 12.7 Å². The van der Waals surface area contributed by atoms with Crippen LogP contribution in [-0.4, -0.2) is 33.2 Å². The summed E-state index contributed by atoms with van der Waals surface area (Å²) in [4.78, 5) is 14.8. The molecule has 0 spiro atoms. The third kappa shape index (κ3) is 4.31. The van der Waals surface area contributed by atoms with Crippen LogP contribution in [0.2, 0.25) is 0 Å². The summed E-state index contributed by atoms with van der Waals surface area (Å²) in [5.41, 5.74) is 3.94. The molecule has 0 saturated carbocycles. The first-order chi connectivity index (χ1) is 14.0. The first-order valence-electron chi connectivity index (χ1n) is 9.80. The molecular formula is C23H24FN3O2. The van der Waals surface area contributed by atoms with Crippen LogP contribution >= 0.6 is 0 Å². The fourth-order valence-corrected chi connectivity index (χ4v) is 3.58. The van der Waals surface area contributed by atoms with Crippen molar-refractivity contribution in [3.8, 4) is 16.9 Å². The van der Waals surface area contributed by atoms with Gasteiger partial charge in [-0.15, -0.1) is 0 Å². The first-order valence-corrected chi connectivity index (χ1v) is 9.80. The van der Waals surface area contributed by atoms with E-state index in [1.54, 1.807) is 23.0 Å². The lowest BCUT2D eigenvalue weighted by Gasteiger charge is -2.26. The number of aryl methyl sites for hydroxylation is 2. The zero-order chi connectivity index (χ0) is 20.4. The molecule has 1 aliphatic rings. The van der Waals surface area contributed by atoms with Crippen LogP contribution in [0.15, 0.2) is 54.9 Å². The van der Waals surface area contributed by atoms with E-state index in [2.05, 4.69) is 5.10 Å². The van der Waals surface area contributed by atoms with Crippen LogP contribution in [0.3, 0.4) is 0 Å². The molecule has 2 aromatic carbocycles. The smallest absolute Gasteiger partial charge is 0.225 e. The molecule has 1 aliphatic heterocycles. The van der Waals surface area contributed by atoms with Gasteiger partial charge in [0.2, 0.25) is 5.91 Å². The molecule has 0 fully saturated rings. The second-order valence-electron chi connectivity index (χ2n) is 7.54. The Morgan fingerprint density at radius 2 is 1.97 bits per heavy atom. The summed E-state index contributed by atoms with van der Waals surface area (Å²) in [6.45, 7) is 5.48. The van der Waals surface area contributed by atoms with E-state index >= 15 is 0 Å². The molecule has 0 aliphatic carbocycles. The van der Waals surface area contributed by atoms with Gasteiger partial charge in [-0.3, -0.25) is 9.48 Å². The minimum atomic E-state index is -0.259. The zero-order valence-corrected chi connectivity index (χ0v) is 16.6. The number of hydrogen-bond acceptors (Lipinski definition) is 3. The first kappa shape index (κ1) is 19.2. The van der Waals surface area contributed by atoms with E-state index in [0.29, 0.717) is 26.1 Å². The summed E-state index contributed by atoms with van der Waals surface area (Å²) >= 11 is 0. The van der Waals surface area contributed by atoms with Crippen molar-refractivity contribution in [3.05, 3.63) is 71.8 Å². The summed E-state index contributed by atoms with van der Waals surface area (Å²) < 4.78 is 21.0. The summed E-state index contributed by atoms with van der Waals surface area (Å²) in [5, 5.41) is 4.25. The molecule has 6 heteroatoms. The molecule has 1 amide bonds. The molecule has 0 N–H and O–H groups in total. The number of aromatic nitrogens is 2. The molecule has 4 rings (SSSR count). The minimum Gasteiger partial charge on any atom is -0.491 e. The van der Waals surface area contributed by atoms with Crippen LogP contribution in [0.4, 0.5) is 4.39 Å². The number of ether oxygens (including phenoxy) is 1. The molecule has 0 unspecified atom stereocenters. The van der Waals surface area contributed by atoms with Gasteiger partial charge in [-0.05, 0) is 54.8 Å². The summed E-state index contributed by atoms with van der Waals surface area (Å²) in [6, 6.07) is 12.3. The number of carbonyl (C=O) groups is 1. The Bertz CT molecular complexity index is 1010. The van der Waals surface area contributed by atoms with Crippen molar-refractivity contribution in [3.63, 3.8) is 0 Å². The number of halogens is 1. The number of carbonyl (C=O) groups excluding carboxylic acids is 1. The van der Waals surface area contributed by atoms with Crippen LogP contribution < -0.4 is 4.74 Å². The highest BCUT2D eigenvalue weighted by molar-refractivity contribution is 5.77. The predicted octanol–water partition coefficient (Wildman–Crippen LogP) is 4.20. The predicted molar refractivity (Wildman–Crippen MR) is 109 cm³/mol. The van der Waals surface area contributed by atoms with Crippen molar-refractivity contribution < 1.29 is 13.9 Å². The van der Waals surface area contributed by atoms with E-state index in [1.165, 1.54) is 12.1 Å². The van der Waals surface area contributed by atoms with Gasteiger partial charge in [-0.1, -0.05) is 18.2 Å². The molecule has 0 radical (unpaired) electrons. The maximum absolute atomic E-state index is 13.2. The normalized spacial score (nSPS) is 16.1. The molecule has 0 saturated heterocycles. The van der Waals surface area contributed by atoms with Crippen molar-refractivity contribution in [2.75, 3.05) is 6.61 Å². The van der Waals surface area contributed by atoms with Crippen molar-refractivity contribution in [2.45, 2.75) is 39.4 Å². The molecular weight excluding hydrogens is 369 g/mol. The highest BCUT2D eigenvalue weighted by atomic mass is 19.1. The van der Waals surface area contributed by atoms with E-state index in [9.17, 15) is 9.18 Å². The summed E-state index contributed by atoms with van der Waals surface area (Å²) in [6.07, 6.45) is 4.12. The quantitative estimate of drug-likeness (QED) is 0.668. The standard InChI is InChI=1S/C23H24FN3O2/c1-16-12-25-26(13-16)10-9-23(28)27-14-20-11-19(18-3-6-21(24)7-4-18)5-8-22(20)29-15-17(27)2/h3-8,11-13,17H,9-10,14-15H2,1-2H3/t17-/m0/s1. The average molecular weight is 393 g/mol. The molecule has 150 valence electrons. The number of rotatable bonds is 4. The SMILES string of the molecule is Cc1cnn(CCC(=O)N2Cc3cc(-c4ccc(F)cc4)ccc3OC[C@@H]2C)c1. The van der Waals surface area contributed by atoms with Gasteiger partial charge >= 0.3 is 0 Å². The van der Waals surface area contributed by atoms with Crippen molar-refractivity contribution in [1.82, 2.24) is 14.7 Å². The number of amides is 1. The molecule has 3 aromatic rings. The average Bonchev–Trinajstić information content (AvgIpc) is 3.06. The van der Waals surface area contributed by atoms with E-state index < -0.39 is 0 Å². The lowest BCUT2D eigenvalue weighted by molar-refractivity contribution is -0.134. The third-order valence-corrected chi connectivity index (χ3v) is 5.23. The monoisotopic (exact) mass is 393 g/mol. The fourth-order valence-electron chi connectivity index (χ4n) is 3.58. The van der Waals surface area contributed by atoms with Crippen LogP contribution in [0.5, 0.6) is 5.75 Å². The second kappa shape index (κ2) is 8.07. The van der Waals surface area contributed by atoms with Gasteiger partial charge in [0, 0.05) is 31.3 Å². The van der Waals surface area contributed by atoms with Gasteiger partial charge in [0.1, 0.15) is 18.2 Å². The Morgan fingerprint density at radius 1 is 1.21 bits per heavy atom. The molecule has 0 bridgehead atoms. The highest BCUT2D eigenvalue weighted by Gasteiger charge is 2.25. The molecule has 5 nitrogen and oxygen atoms in total. The Labute approximate surface area is 169 Å². The largest absolute Gasteiger partial charge is 0.491 e. The Balaban J connectivity index is 1.53. The van der Waals surface area contributed by atoms with Crippen molar-refractivity contribution in [2.24, 2.45) is 0 Å². The topological polar surface area (TPSA) is 47.4 Å². The number of nitrogens with zero attached hydrogens (tertiary/aromatic N) is 3. The molecule has 1 aromatic heterocycles. The van der Waals surface area contributed by atoms with Gasteiger partial charge in [-0.2, -0.15) is 5.10 Å². The van der Waals surface area contributed by atoms with Gasteiger partial charge in [0.05, 0.1) is 12.2 Å². The number of fused-ring (bicyclic) bond motifs is 1. The molecule has 2 heterocycles. The van der Waals surface area contributed by atoms with Crippen molar-refractivity contribution in [1.29, 1.82) is 0 Å². The van der Waals surface area contributed by atoms with E-state index in [-0.39, 0.29) is 17.8 Å². The zero-order valence-electron chi connectivity index (χ0n) is 16.6. The summed E-state index contributed by atoms with van der Waals surface area (Å²) in [5.74, 6) is 0.611. The maximum Gasteiger partial charge on any atom is 0.225 e. The summed E-state index contributed by atoms with van der Waals surface area (Å²) in [7, 11) is 0. The van der Waals surface area contributed by atoms with Gasteiger partial charge in [0.25, 0.3) is 0 Å². The maximum atomic E-state index is 13.2. The van der Waals surface area contributed by atoms with Crippen LogP contribution in [-0.2, 0) is 17.9 Å². The lowest BCUT2D eigenvalue weighted by atomic mass is 10.0. The van der Waals surface area contributed by atoms with Crippen molar-refractivity contribution >= 4 is 5.91 Å². The third-order valence-electron chi connectivity index (χ3n) is 5.23. The van der Waals surface area contributed by atoms with Crippen LogP contribution in [0.1, 0.15) is 24.5 Å². The van der Waals surface area contributed by atoms with Gasteiger partial charge in [0.15, 0.2) is 0 Å². The van der Waals surface area contributed by atoms with E-state index in [4.69, 9.17) is 4.74 Å². The van der Waals surface area contributed by atoms with Gasteiger partial charge < -0.3 is 9.64 Å². The minimum absolute atomic E-state index is 0.0245. The second-order valence-corrected chi connectivity index (χ2v) is 7.54. The lowest BCUT2D eigenvalue weighted by Crippen LogP contribution is -2.40. The fraction of sp³-hybridized carbons (Fsp3) is 0.304. The van der Waals surface area contributed by atoms with Crippen LogP contribution in [0.25, 0.3) is 11.1 Å². The Morgan fingerprint density at radius 3 is 2.69 bits per heavy atom. The Hall–Kier alpha value is -3.15. The number of hydrogen-bond donors (Lipinski definition) is 0. The molecule has 1 atom stereocenters. The van der Waals surface area contributed by atoms with E-state index in [1.807, 2.05) is 43.1 Å². The molecule has 29 heavy (non-hydrogen) atoms. The van der Waals surface area contributed by atoms with E-state index in [0.717, 1.165) is 28.0 Å².